The zero-order valence-corrected chi connectivity index (χ0v) is 18.6. The van der Waals surface area contributed by atoms with E-state index < -0.39 is 22.5 Å². The quantitative estimate of drug-likeness (QED) is 0.478. The lowest BCUT2D eigenvalue weighted by molar-refractivity contribution is -0.119. The van der Waals surface area contributed by atoms with Gasteiger partial charge >= 0.3 is 0 Å². The van der Waals surface area contributed by atoms with Crippen LogP contribution in [0.5, 0.6) is 5.75 Å². The van der Waals surface area contributed by atoms with Crippen LogP contribution in [0.4, 0.5) is 5.69 Å². The van der Waals surface area contributed by atoms with Gasteiger partial charge in [-0.15, -0.1) is 0 Å². The summed E-state index contributed by atoms with van der Waals surface area (Å²) < 4.78 is 31.4. The summed E-state index contributed by atoms with van der Waals surface area (Å²) in [6.07, 6.45) is 2.44. The predicted molar refractivity (Wildman–Crippen MR) is 115 cm³/mol. The average molecular weight is 489 g/mol. The SMILES string of the molecule is COc1ccc(Br)cc1/C=N\NC(=O)CN(c1cc(Cl)ccc1C)S(C)(=O)=O. The standard InChI is InChI=1S/C18H19BrClN3O4S/c1-12-4-6-15(20)9-16(12)23(28(3,25)26)11-18(24)22-21-10-13-8-14(19)5-7-17(13)27-2/h4-10H,11H2,1-3H3,(H,22,24)/b21-10-. The summed E-state index contributed by atoms with van der Waals surface area (Å²) >= 11 is 9.33. The molecule has 0 aliphatic carbocycles. The van der Waals surface area contributed by atoms with Crippen molar-refractivity contribution in [3.63, 3.8) is 0 Å². The average Bonchev–Trinajstić information content (AvgIpc) is 2.61. The van der Waals surface area contributed by atoms with Crippen molar-refractivity contribution in [2.24, 2.45) is 5.10 Å². The van der Waals surface area contributed by atoms with Crippen molar-refractivity contribution < 1.29 is 17.9 Å². The van der Waals surface area contributed by atoms with Crippen LogP contribution in [0, 0.1) is 6.92 Å². The van der Waals surface area contributed by atoms with Crippen molar-refractivity contribution in [1.82, 2.24) is 5.43 Å². The van der Waals surface area contributed by atoms with Gasteiger partial charge in [-0.1, -0.05) is 33.6 Å². The Morgan fingerprint density at radius 3 is 2.68 bits per heavy atom. The number of hydrogen-bond acceptors (Lipinski definition) is 5. The van der Waals surface area contributed by atoms with Crippen LogP contribution in [0.1, 0.15) is 11.1 Å². The maximum Gasteiger partial charge on any atom is 0.260 e. The summed E-state index contributed by atoms with van der Waals surface area (Å²) in [6.45, 7) is 1.30. The number of rotatable bonds is 7. The Morgan fingerprint density at radius 2 is 2.04 bits per heavy atom. The largest absolute Gasteiger partial charge is 0.496 e. The normalized spacial score (nSPS) is 11.5. The lowest BCUT2D eigenvalue weighted by atomic mass is 10.2. The van der Waals surface area contributed by atoms with Crippen LogP contribution in [-0.2, 0) is 14.8 Å². The number of benzene rings is 2. The predicted octanol–water partition coefficient (Wildman–Crippen LogP) is 3.34. The van der Waals surface area contributed by atoms with E-state index in [4.69, 9.17) is 16.3 Å². The molecule has 2 aromatic rings. The zero-order chi connectivity index (χ0) is 20.9. The molecule has 2 rings (SSSR count). The number of amides is 1. The van der Waals surface area contributed by atoms with E-state index in [-0.39, 0.29) is 0 Å². The van der Waals surface area contributed by atoms with E-state index in [0.29, 0.717) is 27.6 Å². The minimum atomic E-state index is -3.71. The summed E-state index contributed by atoms with van der Waals surface area (Å²) in [4.78, 5) is 12.3. The second kappa shape index (κ2) is 9.40. The molecule has 0 aliphatic heterocycles. The fraction of sp³-hybridized carbons (Fsp3) is 0.222. The lowest BCUT2D eigenvalue weighted by Crippen LogP contribution is -2.39. The third kappa shape index (κ3) is 5.95. The number of carbonyl (C=O) groups excluding carboxylic acids is 1. The molecule has 0 saturated carbocycles. The molecule has 7 nitrogen and oxygen atoms in total. The van der Waals surface area contributed by atoms with E-state index in [0.717, 1.165) is 15.0 Å². The van der Waals surface area contributed by atoms with Gasteiger partial charge in [-0.2, -0.15) is 5.10 Å². The van der Waals surface area contributed by atoms with Crippen molar-refractivity contribution in [1.29, 1.82) is 0 Å². The van der Waals surface area contributed by atoms with E-state index in [1.165, 1.54) is 19.4 Å². The third-order valence-corrected chi connectivity index (χ3v) is 5.57. The maximum absolute atomic E-state index is 12.3. The molecule has 150 valence electrons. The van der Waals surface area contributed by atoms with Gasteiger partial charge in [0.05, 0.1) is 25.3 Å². The maximum atomic E-state index is 12.3. The van der Waals surface area contributed by atoms with Crippen molar-refractivity contribution in [3.8, 4) is 5.75 Å². The van der Waals surface area contributed by atoms with E-state index in [1.807, 2.05) is 6.07 Å². The smallest absolute Gasteiger partial charge is 0.260 e. The molecule has 0 fully saturated rings. The Morgan fingerprint density at radius 1 is 1.32 bits per heavy atom. The Labute approximate surface area is 177 Å². The van der Waals surface area contributed by atoms with Gasteiger partial charge in [0, 0.05) is 15.1 Å². The second-order valence-electron chi connectivity index (χ2n) is 5.88. The number of hydrazone groups is 1. The molecule has 0 aromatic heterocycles. The van der Waals surface area contributed by atoms with E-state index >= 15 is 0 Å². The molecule has 0 spiro atoms. The molecule has 0 heterocycles. The number of hydrogen-bond donors (Lipinski definition) is 1. The number of nitrogens with zero attached hydrogens (tertiary/aromatic N) is 2. The van der Waals surface area contributed by atoms with Gasteiger partial charge in [0.2, 0.25) is 10.0 Å². The molecule has 10 heteroatoms. The number of nitrogens with one attached hydrogen (secondary N) is 1. The third-order valence-electron chi connectivity index (χ3n) is 3.71. The fourth-order valence-electron chi connectivity index (χ4n) is 2.38. The van der Waals surface area contributed by atoms with Crippen molar-refractivity contribution in [3.05, 3.63) is 57.0 Å². The Kier molecular flexibility index (Phi) is 7.45. The minimum absolute atomic E-state index is 0.336. The Balaban J connectivity index is 2.17. The minimum Gasteiger partial charge on any atom is -0.496 e. The second-order valence-corrected chi connectivity index (χ2v) is 9.14. The van der Waals surface area contributed by atoms with Crippen LogP contribution in [0.25, 0.3) is 0 Å². The number of aryl methyl sites for hydroxylation is 1. The summed E-state index contributed by atoms with van der Waals surface area (Å²) in [5.41, 5.74) is 3.98. The number of methoxy groups -OCH3 is 1. The number of carbonyl (C=O) groups is 1. The van der Waals surface area contributed by atoms with Crippen LogP contribution in [0.2, 0.25) is 5.02 Å². The van der Waals surface area contributed by atoms with E-state index in [9.17, 15) is 13.2 Å². The monoisotopic (exact) mass is 487 g/mol. The van der Waals surface area contributed by atoms with Crippen molar-refractivity contribution in [2.45, 2.75) is 6.92 Å². The molecule has 0 unspecified atom stereocenters. The summed E-state index contributed by atoms with van der Waals surface area (Å²) in [6, 6.07) is 10.2. The van der Waals surface area contributed by atoms with Gasteiger partial charge in [0.25, 0.3) is 5.91 Å². The summed E-state index contributed by atoms with van der Waals surface area (Å²) in [7, 11) is -2.19. The molecule has 28 heavy (non-hydrogen) atoms. The molecule has 2 aromatic carbocycles. The lowest BCUT2D eigenvalue weighted by Gasteiger charge is -2.23. The van der Waals surface area contributed by atoms with Gasteiger partial charge in [-0.25, -0.2) is 13.8 Å². The topological polar surface area (TPSA) is 88.1 Å². The van der Waals surface area contributed by atoms with Crippen LogP contribution >= 0.6 is 27.5 Å². The van der Waals surface area contributed by atoms with Crippen LogP contribution in [-0.4, -0.2) is 40.4 Å². The van der Waals surface area contributed by atoms with Crippen molar-refractivity contribution >= 4 is 55.4 Å². The first kappa shape index (κ1) is 22.2. The summed E-state index contributed by atoms with van der Waals surface area (Å²) in [5, 5.41) is 4.26. The van der Waals surface area contributed by atoms with Gasteiger partial charge in [0.15, 0.2) is 0 Å². The van der Waals surface area contributed by atoms with Gasteiger partial charge < -0.3 is 4.74 Å². The van der Waals surface area contributed by atoms with Crippen LogP contribution in [0.15, 0.2) is 46.0 Å². The zero-order valence-electron chi connectivity index (χ0n) is 15.4. The van der Waals surface area contributed by atoms with Crippen LogP contribution in [0.3, 0.4) is 0 Å². The summed E-state index contributed by atoms with van der Waals surface area (Å²) in [5.74, 6) is -0.0245. The van der Waals surface area contributed by atoms with Gasteiger partial charge in [-0.05, 0) is 42.8 Å². The first-order chi connectivity index (χ1) is 13.1. The number of ether oxygens (including phenoxy) is 1. The molecule has 0 atom stereocenters. The molecular weight excluding hydrogens is 470 g/mol. The highest BCUT2D eigenvalue weighted by atomic mass is 79.9. The van der Waals surface area contributed by atoms with E-state index in [2.05, 4.69) is 26.5 Å². The number of sulfonamides is 1. The van der Waals surface area contributed by atoms with Gasteiger partial charge in [0.1, 0.15) is 12.3 Å². The molecule has 0 saturated heterocycles. The molecule has 0 bridgehead atoms. The number of halogens is 2. The highest BCUT2D eigenvalue weighted by molar-refractivity contribution is 9.10. The van der Waals surface area contributed by atoms with Gasteiger partial charge in [-0.3, -0.25) is 9.10 Å². The highest BCUT2D eigenvalue weighted by Crippen LogP contribution is 2.26. The highest BCUT2D eigenvalue weighted by Gasteiger charge is 2.22. The van der Waals surface area contributed by atoms with Crippen LogP contribution < -0.4 is 14.5 Å². The molecule has 1 N–H and O–H groups in total. The molecule has 0 radical (unpaired) electrons. The first-order valence-electron chi connectivity index (χ1n) is 8.01. The molecular formula is C18H19BrClN3O4S. The molecule has 1 amide bonds. The first-order valence-corrected chi connectivity index (χ1v) is 11.0. The van der Waals surface area contributed by atoms with Crippen molar-refractivity contribution in [2.75, 3.05) is 24.2 Å². The molecule has 0 aliphatic rings. The number of anilines is 1. The van der Waals surface area contributed by atoms with E-state index in [1.54, 1.807) is 31.2 Å². The Hall–Kier alpha value is -2.10. The Bertz CT molecular complexity index is 1010. The fourth-order valence-corrected chi connectivity index (χ4v) is 3.83.